The lowest BCUT2D eigenvalue weighted by molar-refractivity contribution is 0.0189. The summed E-state index contributed by atoms with van der Waals surface area (Å²) in [6, 6.07) is 16.5. The van der Waals surface area contributed by atoms with Crippen molar-refractivity contribution in [2.24, 2.45) is 11.3 Å². The van der Waals surface area contributed by atoms with Gasteiger partial charge in [0.15, 0.2) is 0 Å². The van der Waals surface area contributed by atoms with E-state index in [1.807, 2.05) is 31.2 Å². The first-order valence-corrected chi connectivity index (χ1v) is 9.26. The summed E-state index contributed by atoms with van der Waals surface area (Å²) >= 11 is 6.91. The molecule has 2 nitrogen and oxygen atoms in total. The summed E-state index contributed by atoms with van der Waals surface area (Å²) < 4.78 is 2.11. The summed E-state index contributed by atoms with van der Waals surface area (Å²) in [4.78, 5) is 0. The number of hydrogen-bond acceptors (Lipinski definition) is 2. The van der Waals surface area contributed by atoms with Gasteiger partial charge in [0.25, 0.3) is 0 Å². The molecule has 0 bridgehead atoms. The minimum Gasteiger partial charge on any atom is -0.396 e. The van der Waals surface area contributed by atoms with E-state index in [0.29, 0.717) is 0 Å². The molecule has 0 aliphatic heterocycles. The smallest absolute Gasteiger partial charge is 0.0509 e. The Balaban J connectivity index is 2.23. The van der Waals surface area contributed by atoms with E-state index in [2.05, 4.69) is 56.1 Å². The minimum absolute atomic E-state index is 0.0266. The van der Waals surface area contributed by atoms with Gasteiger partial charge in [-0.15, -0.1) is 0 Å². The zero-order chi connectivity index (χ0) is 16.9. The molecule has 0 saturated carbocycles. The van der Waals surface area contributed by atoms with Gasteiger partial charge in [-0.3, -0.25) is 0 Å². The van der Waals surface area contributed by atoms with E-state index in [1.165, 1.54) is 11.1 Å². The van der Waals surface area contributed by atoms with E-state index in [4.69, 9.17) is 0 Å². The Morgan fingerprint density at radius 3 is 1.43 bits per heavy atom. The molecule has 0 aromatic heterocycles. The molecule has 124 valence electrons. The van der Waals surface area contributed by atoms with Crippen molar-refractivity contribution in [2.45, 2.75) is 19.8 Å². The average Bonchev–Trinajstić information content (AvgIpc) is 2.57. The number of benzene rings is 2. The summed E-state index contributed by atoms with van der Waals surface area (Å²) in [5.74, 6) is 0.153. The Hall–Kier alpha value is -0.680. The fourth-order valence-electron chi connectivity index (χ4n) is 2.68. The van der Waals surface area contributed by atoms with Gasteiger partial charge in [0, 0.05) is 14.4 Å². The molecule has 0 amide bonds. The largest absolute Gasteiger partial charge is 0.396 e. The van der Waals surface area contributed by atoms with Gasteiger partial charge in [-0.2, -0.15) is 0 Å². The molecular formula is C19H22Br2O2. The maximum Gasteiger partial charge on any atom is 0.0509 e. The molecule has 4 heteroatoms. The van der Waals surface area contributed by atoms with Crippen molar-refractivity contribution in [3.63, 3.8) is 0 Å². The molecule has 0 heterocycles. The molecule has 0 aliphatic rings. The van der Waals surface area contributed by atoms with E-state index < -0.39 is 5.41 Å². The first-order valence-electron chi connectivity index (χ1n) is 7.67. The Morgan fingerprint density at radius 2 is 1.13 bits per heavy atom. The number of aliphatic hydroxyl groups excluding tert-OH is 2. The highest BCUT2D eigenvalue weighted by molar-refractivity contribution is 9.10. The van der Waals surface area contributed by atoms with Crippen LogP contribution in [0, 0.1) is 11.3 Å². The zero-order valence-corrected chi connectivity index (χ0v) is 16.3. The molecule has 0 radical (unpaired) electrons. The molecule has 0 unspecified atom stereocenters. The summed E-state index contributed by atoms with van der Waals surface area (Å²) in [6.07, 6.45) is 1.64. The fraction of sp³-hybridized carbons (Fsp3) is 0.368. The summed E-state index contributed by atoms with van der Waals surface area (Å²) in [5, 5.41) is 19.6. The second-order valence-corrected chi connectivity index (χ2v) is 8.16. The van der Waals surface area contributed by atoms with Gasteiger partial charge in [0.05, 0.1) is 13.2 Å². The van der Waals surface area contributed by atoms with Gasteiger partial charge in [-0.05, 0) is 54.2 Å². The third kappa shape index (κ3) is 5.15. The lowest BCUT2D eigenvalue weighted by atomic mass is 9.72. The highest BCUT2D eigenvalue weighted by Crippen LogP contribution is 2.33. The van der Waals surface area contributed by atoms with Gasteiger partial charge in [-0.25, -0.2) is 0 Å². The standard InChI is InChI=1S/C19H22Br2O2/c1-19(12-22,13-23)16(10-14-2-6-17(20)7-3-14)11-15-4-8-18(21)9-5-15/h2-9,16,22-23H,10-13H2,1H3. The van der Waals surface area contributed by atoms with Crippen LogP contribution in [0.4, 0.5) is 0 Å². The maximum absolute atomic E-state index is 9.82. The lowest BCUT2D eigenvalue weighted by Gasteiger charge is -2.35. The van der Waals surface area contributed by atoms with Crippen LogP contribution in [-0.4, -0.2) is 23.4 Å². The van der Waals surface area contributed by atoms with Crippen molar-refractivity contribution in [1.29, 1.82) is 0 Å². The molecule has 2 rings (SSSR count). The van der Waals surface area contributed by atoms with Crippen LogP contribution in [0.3, 0.4) is 0 Å². The molecule has 2 aromatic rings. The Kier molecular flexibility index (Phi) is 6.84. The number of aliphatic hydroxyl groups is 2. The predicted molar refractivity (Wildman–Crippen MR) is 101 cm³/mol. The normalized spacial score (nSPS) is 11.9. The van der Waals surface area contributed by atoms with Gasteiger partial charge in [-0.1, -0.05) is 63.0 Å². The van der Waals surface area contributed by atoms with Gasteiger partial charge >= 0.3 is 0 Å². The van der Waals surface area contributed by atoms with Crippen molar-refractivity contribution in [2.75, 3.05) is 13.2 Å². The number of halogens is 2. The van der Waals surface area contributed by atoms with E-state index in [9.17, 15) is 10.2 Å². The summed E-state index contributed by atoms with van der Waals surface area (Å²) in [6.45, 7) is 1.90. The molecule has 0 aliphatic carbocycles. The second-order valence-electron chi connectivity index (χ2n) is 6.33. The van der Waals surface area contributed by atoms with E-state index in [1.54, 1.807) is 0 Å². The first kappa shape index (κ1) is 18.7. The van der Waals surface area contributed by atoms with Gasteiger partial charge in [0.1, 0.15) is 0 Å². The molecule has 2 N–H and O–H groups in total. The zero-order valence-electron chi connectivity index (χ0n) is 13.2. The van der Waals surface area contributed by atoms with Crippen LogP contribution in [0.1, 0.15) is 18.1 Å². The number of hydrogen-bond donors (Lipinski definition) is 2. The van der Waals surface area contributed by atoms with E-state index in [0.717, 1.165) is 21.8 Å². The molecule has 0 spiro atoms. The molecule has 0 atom stereocenters. The Morgan fingerprint density at radius 1 is 0.783 bits per heavy atom. The Labute approximate surface area is 154 Å². The van der Waals surface area contributed by atoms with Crippen molar-refractivity contribution in [1.82, 2.24) is 0 Å². The van der Waals surface area contributed by atoms with Gasteiger partial charge in [0.2, 0.25) is 0 Å². The van der Waals surface area contributed by atoms with Crippen LogP contribution in [0.25, 0.3) is 0 Å². The summed E-state index contributed by atoms with van der Waals surface area (Å²) in [5.41, 5.74) is 1.91. The fourth-order valence-corrected chi connectivity index (χ4v) is 3.21. The summed E-state index contributed by atoms with van der Waals surface area (Å²) in [7, 11) is 0. The van der Waals surface area contributed by atoms with Crippen LogP contribution in [-0.2, 0) is 12.8 Å². The average molecular weight is 442 g/mol. The van der Waals surface area contributed by atoms with Crippen LogP contribution in [0.5, 0.6) is 0 Å². The Bertz CT molecular complexity index is 557. The quantitative estimate of drug-likeness (QED) is 0.658. The SMILES string of the molecule is CC(CO)(CO)C(Cc1ccc(Br)cc1)Cc1ccc(Br)cc1. The highest BCUT2D eigenvalue weighted by Gasteiger charge is 2.33. The lowest BCUT2D eigenvalue weighted by Crippen LogP contribution is -2.37. The topological polar surface area (TPSA) is 40.5 Å². The predicted octanol–water partition coefficient (Wildman–Crippen LogP) is 4.60. The molecular weight excluding hydrogens is 420 g/mol. The second kappa shape index (κ2) is 8.43. The van der Waals surface area contributed by atoms with Gasteiger partial charge < -0.3 is 10.2 Å². The van der Waals surface area contributed by atoms with Crippen molar-refractivity contribution >= 4 is 31.9 Å². The monoisotopic (exact) mass is 440 g/mol. The van der Waals surface area contributed by atoms with E-state index in [-0.39, 0.29) is 19.1 Å². The van der Waals surface area contributed by atoms with Crippen LogP contribution < -0.4 is 0 Å². The maximum atomic E-state index is 9.82. The third-order valence-corrected chi connectivity index (χ3v) is 5.56. The highest BCUT2D eigenvalue weighted by atomic mass is 79.9. The van der Waals surface area contributed by atoms with Crippen molar-refractivity contribution in [3.05, 3.63) is 68.6 Å². The minimum atomic E-state index is -0.514. The molecule has 0 fully saturated rings. The van der Waals surface area contributed by atoms with E-state index >= 15 is 0 Å². The van der Waals surface area contributed by atoms with Crippen LogP contribution >= 0.6 is 31.9 Å². The third-order valence-electron chi connectivity index (χ3n) is 4.50. The van der Waals surface area contributed by atoms with Crippen LogP contribution in [0.2, 0.25) is 0 Å². The molecule has 23 heavy (non-hydrogen) atoms. The molecule has 2 aromatic carbocycles. The first-order chi connectivity index (χ1) is 11.0. The van der Waals surface area contributed by atoms with Crippen molar-refractivity contribution in [3.8, 4) is 0 Å². The van der Waals surface area contributed by atoms with Crippen LogP contribution in [0.15, 0.2) is 57.5 Å². The van der Waals surface area contributed by atoms with Crippen molar-refractivity contribution < 1.29 is 10.2 Å². The molecule has 0 saturated heterocycles. The number of rotatable bonds is 7.